The second-order valence-electron chi connectivity index (χ2n) is 5.49. The molecule has 0 aromatic rings. The zero-order chi connectivity index (χ0) is 11.8. The fraction of sp³-hybridized carbons (Fsp3) is 1.00. The Labute approximate surface area is 97.8 Å². The van der Waals surface area contributed by atoms with Crippen molar-refractivity contribution in [3.05, 3.63) is 0 Å². The van der Waals surface area contributed by atoms with Gasteiger partial charge in [-0.3, -0.25) is 0 Å². The molecule has 0 saturated heterocycles. The van der Waals surface area contributed by atoms with Crippen LogP contribution in [-0.2, 0) is 0 Å². The van der Waals surface area contributed by atoms with E-state index in [0.29, 0.717) is 0 Å². The first-order chi connectivity index (χ1) is 7.06. The van der Waals surface area contributed by atoms with Crippen LogP contribution in [0.2, 0.25) is 0 Å². The lowest BCUT2D eigenvalue weighted by molar-refractivity contribution is 0.267. The summed E-state index contributed by atoms with van der Waals surface area (Å²) < 4.78 is 0. The van der Waals surface area contributed by atoms with E-state index >= 15 is 0 Å². The molecule has 0 aliphatic heterocycles. The molecule has 0 bridgehead atoms. The van der Waals surface area contributed by atoms with E-state index in [0.717, 1.165) is 23.7 Å². The van der Waals surface area contributed by atoms with Crippen molar-refractivity contribution in [1.82, 2.24) is 0 Å². The summed E-state index contributed by atoms with van der Waals surface area (Å²) >= 11 is 0. The molecule has 0 spiro atoms. The van der Waals surface area contributed by atoms with Crippen molar-refractivity contribution >= 4 is 0 Å². The summed E-state index contributed by atoms with van der Waals surface area (Å²) in [6, 6.07) is 0. The van der Waals surface area contributed by atoms with Crippen LogP contribution in [0, 0.1) is 23.7 Å². The molecule has 92 valence electrons. The highest BCUT2D eigenvalue weighted by atomic mass is 14.2. The Kier molecular flexibility index (Phi) is 8.19. The summed E-state index contributed by atoms with van der Waals surface area (Å²) in [4.78, 5) is 0. The molecular formula is C15H32. The van der Waals surface area contributed by atoms with Crippen LogP contribution < -0.4 is 0 Å². The lowest BCUT2D eigenvalue weighted by Crippen LogP contribution is -2.13. The monoisotopic (exact) mass is 212 g/mol. The smallest absolute Gasteiger partial charge is 0.0394 e. The number of hydrogen-bond donors (Lipinski definition) is 0. The topological polar surface area (TPSA) is 0 Å². The largest absolute Gasteiger partial charge is 0.0651 e. The molecule has 0 heterocycles. The van der Waals surface area contributed by atoms with Crippen LogP contribution in [0.1, 0.15) is 73.6 Å². The Morgan fingerprint density at radius 3 is 1.47 bits per heavy atom. The molecule has 0 aromatic heterocycles. The first-order valence-corrected chi connectivity index (χ1v) is 7.06. The van der Waals surface area contributed by atoms with Gasteiger partial charge in [0.15, 0.2) is 0 Å². The summed E-state index contributed by atoms with van der Waals surface area (Å²) in [7, 11) is 0. The molecule has 0 N–H and O–H groups in total. The van der Waals surface area contributed by atoms with Gasteiger partial charge in [0.25, 0.3) is 0 Å². The molecule has 0 aromatic carbocycles. The maximum absolute atomic E-state index is 2.45. The van der Waals surface area contributed by atoms with Crippen LogP contribution in [0.25, 0.3) is 0 Å². The van der Waals surface area contributed by atoms with E-state index in [1.807, 2.05) is 0 Å². The highest BCUT2D eigenvalue weighted by Gasteiger charge is 2.16. The van der Waals surface area contributed by atoms with Crippen molar-refractivity contribution in [2.75, 3.05) is 0 Å². The maximum Gasteiger partial charge on any atom is -0.0394 e. The van der Waals surface area contributed by atoms with Crippen molar-refractivity contribution in [2.24, 2.45) is 23.7 Å². The van der Waals surface area contributed by atoms with Crippen molar-refractivity contribution in [2.45, 2.75) is 73.6 Å². The van der Waals surface area contributed by atoms with Crippen LogP contribution >= 0.6 is 0 Å². The highest BCUT2D eigenvalue weighted by molar-refractivity contribution is 4.67. The molecule has 3 unspecified atom stereocenters. The lowest BCUT2D eigenvalue weighted by atomic mass is 9.81. The van der Waals surface area contributed by atoms with E-state index in [2.05, 4.69) is 41.5 Å². The van der Waals surface area contributed by atoms with Gasteiger partial charge < -0.3 is 0 Å². The summed E-state index contributed by atoms with van der Waals surface area (Å²) in [6.07, 6.45) is 6.90. The zero-order valence-electron chi connectivity index (χ0n) is 11.8. The van der Waals surface area contributed by atoms with Crippen molar-refractivity contribution < 1.29 is 0 Å². The van der Waals surface area contributed by atoms with E-state index in [9.17, 15) is 0 Å². The normalized spacial score (nSPS) is 17.8. The molecule has 0 fully saturated rings. The summed E-state index contributed by atoms with van der Waals surface area (Å²) in [5.74, 6) is 3.69. The second kappa shape index (κ2) is 8.19. The summed E-state index contributed by atoms with van der Waals surface area (Å²) in [6.45, 7) is 14.2. The predicted octanol–water partition coefficient (Wildman–Crippen LogP) is 5.52. The van der Waals surface area contributed by atoms with Gasteiger partial charge in [-0.25, -0.2) is 0 Å². The van der Waals surface area contributed by atoms with Gasteiger partial charge in [-0.05, 0) is 23.7 Å². The van der Waals surface area contributed by atoms with E-state index in [-0.39, 0.29) is 0 Å². The zero-order valence-corrected chi connectivity index (χ0v) is 11.8. The molecule has 15 heavy (non-hydrogen) atoms. The molecular weight excluding hydrogens is 180 g/mol. The Hall–Kier alpha value is 0. The average Bonchev–Trinajstić information content (AvgIpc) is 2.26. The van der Waals surface area contributed by atoms with Crippen molar-refractivity contribution in [3.63, 3.8) is 0 Å². The van der Waals surface area contributed by atoms with E-state index in [1.54, 1.807) is 0 Å². The van der Waals surface area contributed by atoms with E-state index in [4.69, 9.17) is 0 Å². The Balaban J connectivity index is 3.83. The van der Waals surface area contributed by atoms with Crippen LogP contribution in [0.3, 0.4) is 0 Å². The minimum Gasteiger partial charge on any atom is -0.0651 e. The molecule has 0 heteroatoms. The van der Waals surface area contributed by atoms with Gasteiger partial charge in [0.1, 0.15) is 0 Å². The third kappa shape index (κ3) is 5.58. The maximum atomic E-state index is 2.45. The number of rotatable bonds is 8. The molecule has 0 radical (unpaired) electrons. The SMILES string of the molecule is CCC(C)C(C)CCC(C)C(CC)CC. The standard InChI is InChI=1S/C15H32/c1-7-12(4)13(5)10-11-14(6)15(8-2)9-3/h12-15H,7-11H2,1-6H3. The average molecular weight is 212 g/mol. The van der Waals surface area contributed by atoms with Gasteiger partial charge in [-0.2, -0.15) is 0 Å². The van der Waals surface area contributed by atoms with E-state index < -0.39 is 0 Å². The van der Waals surface area contributed by atoms with Gasteiger partial charge in [0, 0.05) is 0 Å². The van der Waals surface area contributed by atoms with Crippen molar-refractivity contribution in [3.8, 4) is 0 Å². The van der Waals surface area contributed by atoms with Crippen LogP contribution in [0.15, 0.2) is 0 Å². The van der Waals surface area contributed by atoms with Gasteiger partial charge in [0.2, 0.25) is 0 Å². The third-order valence-electron chi connectivity index (χ3n) is 4.55. The van der Waals surface area contributed by atoms with Gasteiger partial charge in [0.05, 0.1) is 0 Å². The fourth-order valence-electron chi connectivity index (χ4n) is 2.54. The molecule has 3 atom stereocenters. The minimum atomic E-state index is 0.902. The van der Waals surface area contributed by atoms with E-state index in [1.165, 1.54) is 32.1 Å². The van der Waals surface area contributed by atoms with Crippen LogP contribution in [0.5, 0.6) is 0 Å². The number of hydrogen-bond acceptors (Lipinski definition) is 0. The molecule has 0 rings (SSSR count). The Bertz CT molecular complexity index is 135. The Morgan fingerprint density at radius 2 is 1.07 bits per heavy atom. The summed E-state index contributed by atoms with van der Waals surface area (Å²) in [5, 5.41) is 0. The van der Waals surface area contributed by atoms with Crippen molar-refractivity contribution in [1.29, 1.82) is 0 Å². The third-order valence-corrected chi connectivity index (χ3v) is 4.55. The quantitative estimate of drug-likeness (QED) is 0.497. The second-order valence-corrected chi connectivity index (χ2v) is 5.49. The fourth-order valence-corrected chi connectivity index (χ4v) is 2.54. The highest BCUT2D eigenvalue weighted by Crippen LogP contribution is 2.27. The minimum absolute atomic E-state index is 0.902. The van der Waals surface area contributed by atoms with Crippen LogP contribution in [0.4, 0.5) is 0 Å². The van der Waals surface area contributed by atoms with Gasteiger partial charge in [-0.15, -0.1) is 0 Å². The molecule has 0 aliphatic rings. The molecule has 0 nitrogen and oxygen atoms in total. The van der Waals surface area contributed by atoms with Gasteiger partial charge in [-0.1, -0.05) is 73.6 Å². The lowest BCUT2D eigenvalue weighted by Gasteiger charge is -2.24. The first-order valence-electron chi connectivity index (χ1n) is 7.06. The summed E-state index contributed by atoms with van der Waals surface area (Å²) in [5.41, 5.74) is 0. The molecule has 0 amide bonds. The molecule has 0 saturated carbocycles. The first kappa shape index (κ1) is 15.0. The van der Waals surface area contributed by atoms with Gasteiger partial charge >= 0.3 is 0 Å². The Morgan fingerprint density at radius 1 is 0.600 bits per heavy atom. The molecule has 0 aliphatic carbocycles. The predicted molar refractivity (Wildman–Crippen MR) is 71.1 cm³/mol. The van der Waals surface area contributed by atoms with Crippen LogP contribution in [-0.4, -0.2) is 0 Å².